The number of ether oxygens (including phenoxy) is 1. The van der Waals surface area contributed by atoms with Crippen LogP contribution in [-0.2, 0) is 9.53 Å². The highest BCUT2D eigenvalue weighted by atomic mass is 16.6. The molecule has 1 aromatic carbocycles. The average molecular weight is 321 g/mol. The number of hydrogen-bond donors (Lipinski definition) is 2. The molecule has 2 unspecified atom stereocenters. The number of carboxylic acid groups (broad SMARTS) is 1. The van der Waals surface area contributed by atoms with Crippen molar-refractivity contribution in [1.82, 2.24) is 4.90 Å². The summed E-state index contributed by atoms with van der Waals surface area (Å²) in [7, 11) is 0. The monoisotopic (exact) mass is 321 g/mol. The van der Waals surface area contributed by atoms with Crippen LogP contribution in [0.1, 0.15) is 45.1 Å². The molecule has 1 amide bonds. The van der Waals surface area contributed by atoms with Gasteiger partial charge >= 0.3 is 12.1 Å². The van der Waals surface area contributed by atoms with Gasteiger partial charge in [-0.05, 0) is 57.2 Å². The van der Waals surface area contributed by atoms with Gasteiger partial charge in [0.05, 0.1) is 0 Å². The number of rotatable bonds is 2. The summed E-state index contributed by atoms with van der Waals surface area (Å²) in [4.78, 5) is 25.1. The maximum Gasteiger partial charge on any atom is 0.411 e. The minimum Gasteiger partial charge on any atom is -0.508 e. The number of piperidine rings is 1. The van der Waals surface area contributed by atoms with Crippen molar-refractivity contribution in [3.63, 3.8) is 0 Å². The van der Waals surface area contributed by atoms with E-state index in [1.165, 1.54) is 4.90 Å². The Hall–Kier alpha value is -2.24. The number of amides is 1. The number of hydrogen-bond acceptors (Lipinski definition) is 4. The van der Waals surface area contributed by atoms with E-state index in [0.717, 1.165) is 5.56 Å². The summed E-state index contributed by atoms with van der Waals surface area (Å²) in [5.41, 5.74) is 0.311. The van der Waals surface area contributed by atoms with Gasteiger partial charge in [0.25, 0.3) is 0 Å². The van der Waals surface area contributed by atoms with Crippen molar-refractivity contribution in [3.05, 3.63) is 29.8 Å². The number of carboxylic acids is 1. The van der Waals surface area contributed by atoms with Crippen LogP contribution in [0.5, 0.6) is 5.75 Å². The highest BCUT2D eigenvalue weighted by Gasteiger charge is 2.38. The molecule has 0 aromatic heterocycles. The number of likely N-dealkylation sites (tertiary alicyclic amines) is 1. The molecule has 0 bridgehead atoms. The van der Waals surface area contributed by atoms with Gasteiger partial charge in [-0.1, -0.05) is 12.1 Å². The van der Waals surface area contributed by atoms with Crippen molar-refractivity contribution in [1.29, 1.82) is 0 Å². The summed E-state index contributed by atoms with van der Waals surface area (Å²) in [6, 6.07) is 5.86. The van der Waals surface area contributed by atoms with Crippen LogP contribution < -0.4 is 0 Å². The van der Waals surface area contributed by atoms with E-state index in [1.807, 2.05) is 0 Å². The fourth-order valence-electron chi connectivity index (χ4n) is 2.79. The Bertz CT molecular complexity index is 576. The van der Waals surface area contributed by atoms with Gasteiger partial charge in [-0.2, -0.15) is 0 Å². The minimum atomic E-state index is -1.03. The van der Waals surface area contributed by atoms with Crippen molar-refractivity contribution in [2.45, 2.75) is 51.2 Å². The number of aromatic hydroxyl groups is 1. The Kier molecular flexibility index (Phi) is 4.82. The predicted octanol–water partition coefficient (Wildman–Crippen LogP) is 2.96. The fourth-order valence-corrected chi connectivity index (χ4v) is 2.79. The summed E-state index contributed by atoms with van der Waals surface area (Å²) in [6.07, 6.45) is 0.404. The topological polar surface area (TPSA) is 87.1 Å². The fraction of sp³-hybridized carbons (Fsp3) is 0.529. The lowest BCUT2D eigenvalue weighted by molar-refractivity contribution is -0.144. The molecule has 6 nitrogen and oxygen atoms in total. The molecule has 2 atom stereocenters. The summed E-state index contributed by atoms with van der Waals surface area (Å²) in [5, 5.41) is 18.8. The van der Waals surface area contributed by atoms with Crippen molar-refractivity contribution >= 4 is 12.1 Å². The van der Waals surface area contributed by atoms with Gasteiger partial charge in [0.15, 0.2) is 0 Å². The number of phenols is 1. The Balaban J connectivity index is 2.13. The zero-order valence-corrected chi connectivity index (χ0v) is 13.7. The number of benzene rings is 1. The molecule has 0 radical (unpaired) electrons. The molecular formula is C17H23NO5. The Morgan fingerprint density at radius 1 is 1.22 bits per heavy atom. The maximum absolute atomic E-state index is 12.2. The molecule has 1 fully saturated rings. The van der Waals surface area contributed by atoms with Gasteiger partial charge in [0.1, 0.15) is 17.4 Å². The second-order valence-corrected chi connectivity index (χ2v) is 6.84. The molecule has 126 valence electrons. The number of carbonyl (C=O) groups is 2. The summed E-state index contributed by atoms with van der Waals surface area (Å²) >= 11 is 0. The Morgan fingerprint density at radius 2 is 1.83 bits per heavy atom. The van der Waals surface area contributed by atoms with Crippen LogP contribution >= 0.6 is 0 Å². The minimum absolute atomic E-state index is 0.0374. The van der Waals surface area contributed by atoms with Crippen LogP contribution in [0.25, 0.3) is 0 Å². The molecule has 1 aliphatic heterocycles. The Labute approximate surface area is 135 Å². The number of nitrogens with zero attached hydrogens (tertiary/aromatic N) is 1. The molecule has 2 rings (SSSR count). The lowest BCUT2D eigenvalue weighted by Crippen LogP contribution is -2.51. The van der Waals surface area contributed by atoms with E-state index in [-0.39, 0.29) is 11.7 Å². The second-order valence-electron chi connectivity index (χ2n) is 6.84. The normalized spacial score (nSPS) is 21.8. The molecular weight excluding hydrogens is 298 g/mol. The van der Waals surface area contributed by atoms with E-state index >= 15 is 0 Å². The molecule has 0 spiro atoms. The van der Waals surface area contributed by atoms with Gasteiger partial charge in [-0.3, -0.25) is 4.90 Å². The van der Waals surface area contributed by atoms with Crippen LogP contribution in [0.2, 0.25) is 0 Å². The first kappa shape index (κ1) is 17.1. The van der Waals surface area contributed by atoms with Crippen LogP contribution in [0.4, 0.5) is 4.79 Å². The smallest absolute Gasteiger partial charge is 0.411 e. The first-order valence-electron chi connectivity index (χ1n) is 7.69. The van der Waals surface area contributed by atoms with Crippen molar-refractivity contribution in [2.75, 3.05) is 6.54 Å². The molecule has 23 heavy (non-hydrogen) atoms. The van der Waals surface area contributed by atoms with Crippen LogP contribution in [0.3, 0.4) is 0 Å². The SMILES string of the molecule is CC(C)(C)OC(=O)N1CCC(c2ccc(O)cc2)CC1C(=O)O. The molecule has 1 aliphatic rings. The molecule has 0 aliphatic carbocycles. The molecule has 0 saturated carbocycles. The van der Waals surface area contributed by atoms with E-state index in [0.29, 0.717) is 19.4 Å². The van der Waals surface area contributed by atoms with E-state index in [4.69, 9.17) is 4.74 Å². The van der Waals surface area contributed by atoms with Crippen molar-refractivity contribution in [3.8, 4) is 5.75 Å². The third kappa shape index (κ3) is 4.37. The molecule has 1 aromatic rings. The lowest BCUT2D eigenvalue weighted by atomic mass is 9.85. The van der Waals surface area contributed by atoms with Crippen molar-refractivity contribution in [2.24, 2.45) is 0 Å². The van der Waals surface area contributed by atoms with Gasteiger partial charge in [0.2, 0.25) is 0 Å². The second kappa shape index (κ2) is 6.48. The highest BCUT2D eigenvalue weighted by molar-refractivity contribution is 5.80. The molecule has 6 heteroatoms. The van der Waals surface area contributed by atoms with Crippen LogP contribution in [-0.4, -0.2) is 45.4 Å². The van der Waals surface area contributed by atoms with E-state index < -0.39 is 23.7 Å². The van der Waals surface area contributed by atoms with Crippen molar-refractivity contribution < 1.29 is 24.5 Å². The zero-order valence-electron chi connectivity index (χ0n) is 13.7. The first-order chi connectivity index (χ1) is 10.7. The van der Waals surface area contributed by atoms with E-state index in [1.54, 1.807) is 45.0 Å². The predicted molar refractivity (Wildman–Crippen MR) is 84.4 cm³/mol. The molecule has 1 saturated heterocycles. The van der Waals surface area contributed by atoms with Crippen LogP contribution in [0.15, 0.2) is 24.3 Å². The van der Waals surface area contributed by atoms with Gasteiger partial charge < -0.3 is 14.9 Å². The zero-order chi connectivity index (χ0) is 17.2. The van der Waals surface area contributed by atoms with Gasteiger partial charge in [-0.15, -0.1) is 0 Å². The average Bonchev–Trinajstić information content (AvgIpc) is 2.45. The summed E-state index contributed by atoms with van der Waals surface area (Å²) in [6.45, 7) is 5.59. The maximum atomic E-state index is 12.2. The first-order valence-corrected chi connectivity index (χ1v) is 7.69. The van der Waals surface area contributed by atoms with E-state index in [9.17, 15) is 19.8 Å². The molecule has 2 N–H and O–H groups in total. The van der Waals surface area contributed by atoms with E-state index in [2.05, 4.69) is 0 Å². The third-order valence-corrected chi connectivity index (χ3v) is 3.88. The summed E-state index contributed by atoms with van der Waals surface area (Å²) in [5.74, 6) is -0.815. The molecule has 1 heterocycles. The third-order valence-electron chi connectivity index (χ3n) is 3.88. The number of aliphatic carboxylic acids is 1. The van der Waals surface area contributed by atoms with Gasteiger partial charge in [-0.25, -0.2) is 9.59 Å². The largest absolute Gasteiger partial charge is 0.508 e. The highest BCUT2D eigenvalue weighted by Crippen LogP contribution is 2.33. The van der Waals surface area contributed by atoms with Gasteiger partial charge in [0, 0.05) is 6.54 Å². The summed E-state index contributed by atoms with van der Waals surface area (Å²) < 4.78 is 5.30. The lowest BCUT2D eigenvalue weighted by Gasteiger charge is -2.38. The number of carbonyl (C=O) groups excluding carboxylic acids is 1. The van der Waals surface area contributed by atoms with Crippen LogP contribution in [0, 0.1) is 0 Å². The number of phenolic OH excluding ortho intramolecular Hbond substituents is 1. The standard InChI is InChI=1S/C17H23NO5/c1-17(2,3)23-16(22)18-9-8-12(10-14(18)15(20)21)11-4-6-13(19)7-5-11/h4-7,12,14,19H,8-10H2,1-3H3,(H,20,21). The quantitative estimate of drug-likeness (QED) is 0.874. The Morgan fingerprint density at radius 3 is 2.35 bits per heavy atom.